The van der Waals surface area contributed by atoms with Crippen LogP contribution >= 0.6 is 0 Å². The van der Waals surface area contributed by atoms with E-state index in [2.05, 4.69) is 29.6 Å². The first-order valence-corrected chi connectivity index (χ1v) is 5.46. The van der Waals surface area contributed by atoms with Gasteiger partial charge in [0, 0.05) is 24.7 Å². The zero-order valence-electron chi connectivity index (χ0n) is 9.03. The minimum absolute atomic E-state index is 0.281. The first kappa shape index (κ1) is 9.71. The number of imidazole rings is 1. The van der Waals surface area contributed by atoms with E-state index in [1.54, 1.807) is 0 Å². The summed E-state index contributed by atoms with van der Waals surface area (Å²) in [5, 5.41) is 0. The van der Waals surface area contributed by atoms with Crippen LogP contribution in [0.5, 0.6) is 0 Å². The van der Waals surface area contributed by atoms with Crippen LogP contribution in [0, 0.1) is 6.92 Å². The number of nitrogens with zero attached hydrogens (tertiary/aromatic N) is 2. The first-order chi connectivity index (χ1) is 6.66. The maximum atomic E-state index is 5.85. The van der Waals surface area contributed by atoms with Crippen LogP contribution in [0.15, 0.2) is 6.20 Å². The Balaban J connectivity index is 2.21. The average molecular weight is 193 g/mol. The number of hydrogen-bond acceptors (Lipinski definition) is 2. The van der Waals surface area contributed by atoms with Gasteiger partial charge >= 0.3 is 0 Å². The van der Waals surface area contributed by atoms with Gasteiger partial charge in [0.2, 0.25) is 0 Å². The van der Waals surface area contributed by atoms with Gasteiger partial charge in [-0.15, -0.1) is 0 Å². The van der Waals surface area contributed by atoms with E-state index >= 15 is 0 Å². The van der Waals surface area contributed by atoms with Crippen molar-refractivity contribution in [3.05, 3.63) is 17.7 Å². The van der Waals surface area contributed by atoms with Gasteiger partial charge in [-0.2, -0.15) is 0 Å². The summed E-state index contributed by atoms with van der Waals surface area (Å²) < 4.78 is 2.30. The molecule has 0 saturated carbocycles. The Labute approximate surface area is 85.3 Å². The van der Waals surface area contributed by atoms with Gasteiger partial charge < -0.3 is 10.3 Å². The van der Waals surface area contributed by atoms with E-state index < -0.39 is 0 Å². The Morgan fingerprint density at radius 3 is 3.21 bits per heavy atom. The highest BCUT2D eigenvalue weighted by molar-refractivity contribution is 5.09. The van der Waals surface area contributed by atoms with Crippen molar-refractivity contribution in [2.24, 2.45) is 5.73 Å². The van der Waals surface area contributed by atoms with Crippen LogP contribution < -0.4 is 5.73 Å². The van der Waals surface area contributed by atoms with Crippen molar-refractivity contribution in [3.8, 4) is 0 Å². The molecular formula is C11H19N3. The van der Waals surface area contributed by atoms with Gasteiger partial charge in [0.05, 0.1) is 5.69 Å². The van der Waals surface area contributed by atoms with Crippen LogP contribution in [0.2, 0.25) is 0 Å². The fourth-order valence-electron chi connectivity index (χ4n) is 2.38. The van der Waals surface area contributed by atoms with E-state index in [9.17, 15) is 0 Å². The Bertz CT molecular complexity index is 314. The van der Waals surface area contributed by atoms with Crippen LogP contribution in [-0.2, 0) is 6.54 Å². The fraction of sp³-hybridized carbons (Fsp3) is 0.727. The maximum absolute atomic E-state index is 5.85. The maximum Gasteiger partial charge on any atom is 0.112 e. The number of fused-ring (bicyclic) bond motifs is 1. The molecule has 1 aromatic heterocycles. The van der Waals surface area contributed by atoms with Crippen molar-refractivity contribution < 1.29 is 0 Å². The van der Waals surface area contributed by atoms with Crippen LogP contribution in [0.3, 0.4) is 0 Å². The number of hydrogen-bond donors (Lipinski definition) is 1. The molecule has 14 heavy (non-hydrogen) atoms. The summed E-state index contributed by atoms with van der Waals surface area (Å²) in [5.74, 6) is 1.84. The highest BCUT2D eigenvalue weighted by atomic mass is 15.1. The molecule has 0 spiro atoms. The minimum Gasteiger partial charge on any atom is -0.334 e. The molecule has 78 valence electrons. The normalized spacial score (nSPS) is 23.2. The Morgan fingerprint density at radius 2 is 2.50 bits per heavy atom. The molecule has 0 amide bonds. The van der Waals surface area contributed by atoms with Crippen LogP contribution in [0.4, 0.5) is 0 Å². The molecule has 0 radical (unpaired) electrons. The molecule has 0 aromatic carbocycles. The second kappa shape index (κ2) is 3.73. The number of nitrogens with two attached hydrogens (primary N) is 1. The van der Waals surface area contributed by atoms with Crippen LogP contribution in [0.1, 0.15) is 43.6 Å². The molecular weight excluding hydrogens is 174 g/mol. The summed E-state index contributed by atoms with van der Waals surface area (Å²) in [6.45, 7) is 5.27. The van der Waals surface area contributed by atoms with Crippen LogP contribution in [0.25, 0.3) is 0 Å². The molecule has 1 aliphatic heterocycles. The Kier molecular flexibility index (Phi) is 2.59. The second-order valence-corrected chi connectivity index (χ2v) is 4.49. The largest absolute Gasteiger partial charge is 0.334 e. The van der Waals surface area contributed by atoms with E-state index in [-0.39, 0.29) is 6.04 Å². The van der Waals surface area contributed by atoms with Gasteiger partial charge in [-0.3, -0.25) is 0 Å². The van der Waals surface area contributed by atoms with E-state index in [1.165, 1.54) is 18.7 Å². The molecule has 1 aromatic rings. The SMILES string of the molecule is Cc1cn2c(n1)C(CC(C)N)CCC2. The molecule has 2 atom stereocenters. The zero-order chi connectivity index (χ0) is 10.1. The van der Waals surface area contributed by atoms with E-state index in [0.29, 0.717) is 5.92 Å². The summed E-state index contributed by atoms with van der Waals surface area (Å²) in [6, 6.07) is 0.281. The van der Waals surface area contributed by atoms with Gasteiger partial charge in [-0.25, -0.2) is 4.98 Å². The lowest BCUT2D eigenvalue weighted by Gasteiger charge is -2.24. The molecule has 0 bridgehead atoms. The molecule has 0 saturated heterocycles. The smallest absolute Gasteiger partial charge is 0.112 e. The van der Waals surface area contributed by atoms with Crippen molar-refractivity contribution in [2.45, 2.75) is 51.6 Å². The highest BCUT2D eigenvalue weighted by Crippen LogP contribution is 2.29. The van der Waals surface area contributed by atoms with E-state index in [0.717, 1.165) is 18.7 Å². The number of aryl methyl sites for hydroxylation is 2. The molecule has 2 heterocycles. The van der Waals surface area contributed by atoms with Crippen molar-refractivity contribution in [1.29, 1.82) is 0 Å². The van der Waals surface area contributed by atoms with Crippen molar-refractivity contribution in [2.75, 3.05) is 0 Å². The van der Waals surface area contributed by atoms with Gasteiger partial charge in [0.15, 0.2) is 0 Å². The lowest BCUT2D eigenvalue weighted by molar-refractivity contribution is 0.406. The lowest BCUT2D eigenvalue weighted by Crippen LogP contribution is -2.23. The standard InChI is InChI=1S/C11H19N3/c1-8(12)6-10-4-3-5-14-7-9(2)13-11(10)14/h7-8,10H,3-6,12H2,1-2H3. The first-order valence-electron chi connectivity index (χ1n) is 5.46. The van der Waals surface area contributed by atoms with E-state index in [1.807, 2.05) is 0 Å². The van der Waals surface area contributed by atoms with Crippen molar-refractivity contribution in [1.82, 2.24) is 9.55 Å². The van der Waals surface area contributed by atoms with Gasteiger partial charge in [-0.05, 0) is 33.1 Å². The molecule has 2 N–H and O–H groups in total. The fourth-order valence-corrected chi connectivity index (χ4v) is 2.38. The zero-order valence-corrected chi connectivity index (χ0v) is 9.03. The third-order valence-electron chi connectivity index (χ3n) is 2.90. The molecule has 1 aliphatic rings. The molecule has 2 unspecified atom stereocenters. The molecule has 3 heteroatoms. The predicted octanol–water partition coefficient (Wildman–Crippen LogP) is 1.81. The summed E-state index contributed by atoms with van der Waals surface area (Å²) in [6.07, 6.45) is 5.73. The highest BCUT2D eigenvalue weighted by Gasteiger charge is 2.22. The van der Waals surface area contributed by atoms with Gasteiger partial charge in [0.25, 0.3) is 0 Å². The molecule has 3 nitrogen and oxygen atoms in total. The van der Waals surface area contributed by atoms with Gasteiger partial charge in [-0.1, -0.05) is 0 Å². The Morgan fingerprint density at radius 1 is 1.71 bits per heavy atom. The summed E-state index contributed by atoms with van der Waals surface area (Å²) in [7, 11) is 0. The quantitative estimate of drug-likeness (QED) is 0.778. The van der Waals surface area contributed by atoms with Crippen molar-refractivity contribution in [3.63, 3.8) is 0 Å². The average Bonchev–Trinajstić information content (AvgIpc) is 2.45. The molecule has 0 aliphatic carbocycles. The number of rotatable bonds is 2. The third kappa shape index (κ3) is 1.82. The Hall–Kier alpha value is -0.830. The predicted molar refractivity (Wildman–Crippen MR) is 57.2 cm³/mol. The number of aromatic nitrogens is 2. The minimum atomic E-state index is 0.281. The van der Waals surface area contributed by atoms with E-state index in [4.69, 9.17) is 5.73 Å². The summed E-state index contributed by atoms with van der Waals surface area (Å²) in [5.41, 5.74) is 6.99. The molecule has 2 rings (SSSR count). The third-order valence-corrected chi connectivity index (χ3v) is 2.90. The molecule has 0 fully saturated rings. The topological polar surface area (TPSA) is 43.8 Å². The summed E-state index contributed by atoms with van der Waals surface area (Å²) >= 11 is 0. The summed E-state index contributed by atoms with van der Waals surface area (Å²) in [4.78, 5) is 4.59. The second-order valence-electron chi connectivity index (χ2n) is 4.49. The van der Waals surface area contributed by atoms with Crippen LogP contribution in [-0.4, -0.2) is 15.6 Å². The lowest BCUT2D eigenvalue weighted by atomic mass is 9.93. The van der Waals surface area contributed by atoms with Gasteiger partial charge in [0.1, 0.15) is 5.82 Å². The monoisotopic (exact) mass is 193 g/mol. The van der Waals surface area contributed by atoms with Crippen molar-refractivity contribution >= 4 is 0 Å².